The van der Waals surface area contributed by atoms with Crippen LogP contribution in [0.15, 0.2) is 24.3 Å². The van der Waals surface area contributed by atoms with E-state index in [2.05, 4.69) is 41.5 Å². The number of hydrogen-bond acceptors (Lipinski definition) is 3. The molecule has 0 aromatic heterocycles. The van der Waals surface area contributed by atoms with E-state index in [9.17, 15) is 0 Å². The van der Waals surface area contributed by atoms with Gasteiger partial charge in [0.25, 0.3) is 0 Å². The van der Waals surface area contributed by atoms with Gasteiger partial charge in [0.15, 0.2) is 0 Å². The maximum atomic E-state index is 5.22. The van der Waals surface area contributed by atoms with Crippen molar-refractivity contribution in [3.63, 3.8) is 0 Å². The molecular formula is C16H24N2O. The van der Waals surface area contributed by atoms with E-state index in [1.807, 2.05) is 0 Å². The van der Waals surface area contributed by atoms with Crippen LogP contribution in [0.5, 0.6) is 5.75 Å². The lowest BCUT2D eigenvalue weighted by molar-refractivity contribution is 0.111. The molecule has 2 bridgehead atoms. The molecule has 1 aromatic carbocycles. The Morgan fingerprint density at radius 3 is 2.32 bits per heavy atom. The van der Waals surface area contributed by atoms with Crippen molar-refractivity contribution < 1.29 is 4.74 Å². The summed E-state index contributed by atoms with van der Waals surface area (Å²) < 4.78 is 5.22. The van der Waals surface area contributed by atoms with E-state index < -0.39 is 0 Å². The van der Waals surface area contributed by atoms with Crippen LogP contribution in [0.2, 0.25) is 0 Å². The minimum absolute atomic E-state index is 0.726. The Morgan fingerprint density at radius 2 is 1.79 bits per heavy atom. The number of benzene rings is 1. The molecule has 0 aliphatic carbocycles. The molecule has 2 aliphatic rings. The molecular weight excluding hydrogens is 236 g/mol. The molecule has 2 fully saturated rings. The topological polar surface area (TPSA) is 24.5 Å². The zero-order valence-electron chi connectivity index (χ0n) is 11.9. The van der Waals surface area contributed by atoms with Gasteiger partial charge in [0, 0.05) is 24.7 Å². The number of hydrogen-bond donors (Lipinski definition) is 1. The monoisotopic (exact) mass is 260 g/mol. The van der Waals surface area contributed by atoms with Crippen molar-refractivity contribution in [2.75, 3.05) is 14.2 Å². The first-order valence-corrected chi connectivity index (χ1v) is 7.36. The van der Waals surface area contributed by atoms with Crippen molar-refractivity contribution in [3.8, 4) is 5.75 Å². The van der Waals surface area contributed by atoms with Crippen LogP contribution < -0.4 is 10.1 Å². The third-order valence-corrected chi connectivity index (χ3v) is 4.82. The van der Waals surface area contributed by atoms with Crippen LogP contribution in [-0.4, -0.2) is 37.2 Å². The Balaban J connectivity index is 1.67. The van der Waals surface area contributed by atoms with Gasteiger partial charge in [-0.15, -0.1) is 0 Å². The van der Waals surface area contributed by atoms with Crippen LogP contribution in [0.1, 0.15) is 31.2 Å². The van der Waals surface area contributed by atoms with Gasteiger partial charge in [-0.3, -0.25) is 4.90 Å². The number of methoxy groups -OCH3 is 1. The molecule has 2 aliphatic heterocycles. The maximum Gasteiger partial charge on any atom is 0.118 e. The normalized spacial score (nSPS) is 30.5. The van der Waals surface area contributed by atoms with Gasteiger partial charge in [0.2, 0.25) is 0 Å². The van der Waals surface area contributed by atoms with Gasteiger partial charge >= 0.3 is 0 Å². The second kappa shape index (κ2) is 5.51. The summed E-state index contributed by atoms with van der Waals surface area (Å²) in [6, 6.07) is 10.8. The highest BCUT2D eigenvalue weighted by molar-refractivity contribution is 5.27. The van der Waals surface area contributed by atoms with Gasteiger partial charge in [0.05, 0.1) is 7.11 Å². The average Bonchev–Trinajstić information content (AvgIpc) is 2.70. The summed E-state index contributed by atoms with van der Waals surface area (Å²) in [5, 5.41) is 3.46. The summed E-state index contributed by atoms with van der Waals surface area (Å²) in [5.74, 6) is 0.945. The first-order chi connectivity index (χ1) is 9.30. The number of fused-ring (bicyclic) bond motifs is 2. The highest BCUT2D eigenvalue weighted by Crippen LogP contribution is 2.36. The van der Waals surface area contributed by atoms with Gasteiger partial charge in [-0.1, -0.05) is 12.1 Å². The van der Waals surface area contributed by atoms with Crippen molar-refractivity contribution in [2.45, 2.75) is 50.4 Å². The standard InChI is InChI=1S/C16H24N2O/c1-17-13-9-14-5-6-15(10-13)18(14)11-12-3-7-16(19-2)8-4-12/h3-4,7-8,13-15,17H,5-6,9-11H2,1-2H3. The number of rotatable bonds is 4. The molecule has 1 aromatic rings. The Labute approximate surface area is 115 Å². The van der Waals surface area contributed by atoms with Gasteiger partial charge in [-0.2, -0.15) is 0 Å². The van der Waals surface area contributed by atoms with Gasteiger partial charge in [-0.05, 0) is 50.4 Å². The third kappa shape index (κ3) is 2.63. The van der Waals surface area contributed by atoms with E-state index in [1.165, 1.54) is 31.2 Å². The lowest BCUT2D eigenvalue weighted by Crippen LogP contribution is -2.47. The van der Waals surface area contributed by atoms with E-state index in [0.717, 1.165) is 30.4 Å². The first-order valence-electron chi connectivity index (χ1n) is 7.36. The van der Waals surface area contributed by atoms with Crippen LogP contribution in [0.25, 0.3) is 0 Å². The predicted octanol–water partition coefficient (Wildman–Crippen LogP) is 2.41. The molecule has 104 valence electrons. The lowest BCUT2D eigenvalue weighted by atomic mass is 9.97. The number of nitrogens with one attached hydrogen (secondary N) is 1. The zero-order chi connectivity index (χ0) is 13.2. The molecule has 1 N–H and O–H groups in total. The quantitative estimate of drug-likeness (QED) is 0.900. The van der Waals surface area contributed by atoms with Crippen molar-refractivity contribution in [1.29, 1.82) is 0 Å². The molecule has 19 heavy (non-hydrogen) atoms. The highest BCUT2D eigenvalue weighted by Gasteiger charge is 2.39. The van der Waals surface area contributed by atoms with Crippen LogP contribution in [0.3, 0.4) is 0 Å². The molecule has 0 saturated carbocycles. The Morgan fingerprint density at radius 1 is 1.16 bits per heavy atom. The summed E-state index contributed by atoms with van der Waals surface area (Å²) in [4.78, 5) is 2.72. The van der Waals surface area contributed by atoms with E-state index in [0.29, 0.717) is 0 Å². The predicted molar refractivity (Wildman–Crippen MR) is 77.4 cm³/mol. The fourth-order valence-corrected chi connectivity index (χ4v) is 3.71. The number of nitrogens with zero attached hydrogens (tertiary/aromatic N) is 1. The maximum absolute atomic E-state index is 5.22. The van der Waals surface area contributed by atoms with Crippen molar-refractivity contribution in [3.05, 3.63) is 29.8 Å². The van der Waals surface area contributed by atoms with Crippen LogP contribution >= 0.6 is 0 Å². The first kappa shape index (κ1) is 12.9. The minimum Gasteiger partial charge on any atom is -0.497 e. The molecule has 2 heterocycles. The molecule has 3 rings (SSSR count). The van der Waals surface area contributed by atoms with Gasteiger partial charge in [0.1, 0.15) is 5.75 Å². The van der Waals surface area contributed by atoms with Gasteiger partial charge in [-0.25, -0.2) is 0 Å². The van der Waals surface area contributed by atoms with Gasteiger partial charge < -0.3 is 10.1 Å². The van der Waals surface area contributed by atoms with E-state index in [1.54, 1.807) is 7.11 Å². The fraction of sp³-hybridized carbons (Fsp3) is 0.625. The van der Waals surface area contributed by atoms with Crippen molar-refractivity contribution in [1.82, 2.24) is 10.2 Å². The van der Waals surface area contributed by atoms with Crippen LogP contribution in [-0.2, 0) is 6.54 Å². The lowest BCUT2D eigenvalue weighted by Gasteiger charge is -2.39. The summed E-state index contributed by atoms with van der Waals surface area (Å²) >= 11 is 0. The summed E-state index contributed by atoms with van der Waals surface area (Å²) in [7, 11) is 3.82. The molecule has 2 atom stereocenters. The second-order valence-corrected chi connectivity index (χ2v) is 5.86. The van der Waals surface area contributed by atoms with E-state index in [4.69, 9.17) is 4.74 Å². The largest absolute Gasteiger partial charge is 0.497 e. The molecule has 0 radical (unpaired) electrons. The molecule has 3 heteroatoms. The molecule has 3 nitrogen and oxygen atoms in total. The van der Waals surface area contributed by atoms with E-state index in [-0.39, 0.29) is 0 Å². The summed E-state index contributed by atoms with van der Waals surface area (Å²) in [6.07, 6.45) is 5.37. The van der Waals surface area contributed by atoms with Crippen molar-refractivity contribution >= 4 is 0 Å². The Kier molecular flexibility index (Phi) is 3.76. The highest BCUT2D eigenvalue weighted by atomic mass is 16.5. The fourth-order valence-electron chi connectivity index (χ4n) is 3.71. The zero-order valence-corrected chi connectivity index (χ0v) is 11.9. The second-order valence-electron chi connectivity index (χ2n) is 5.86. The van der Waals surface area contributed by atoms with E-state index >= 15 is 0 Å². The molecule has 2 unspecified atom stereocenters. The third-order valence-electron chi connectivity index (χ3n) is 4.82. The smallest absolute Gasteiger partial charge is 0.118 e. The summed E-state index contributed by atoms with van der Waals surface area (Å²) in [6.45, 7) is 1.09. The Bertz CT molecular complexity index is 403. The molecule has 2 saturated heterocycles. The number of piperidine rings is 1. The minimum atomic E-state index is 0.726. The molecule has 0 amide bonds. The average molecular weight is 260 g/mol. The van der Waals surface area contributed by atoms with Crippen LogP contribution in [0.4, 0.5) is 0 Å². The van der Waals surface area contributed by atoms with Crippen LogP contribution in [0, 0.1) is 0 Å². The van der Waals surface area contributed by atoms with Crippen molar-refractivity contribution in [2.24, 2.45) is 0 Å². The molecule has 0 spiro atoms. The number of ether oxygens (including phenoxy) is 1. The summed E-state index contributed by atoms with van der Waals surface area (Å²) in [5.41, 5.74) is 1.40. The SMILES string of the molecule is CNC1CC2CCC(C1)N2Cc1ccc(OC)cc1. The Hall–Kier alpha value is -1.06.